The molecule has 0 radical (unpaired) electrons. The van der Waals surface area contributed by atoms with Crippen LogP contribution in [0.1, 0.15) is 5.56 Å². The second kappa shape index (κ2) is 4.24. The van der Waals surface area contributed by atoms with Crippen LogP contribution in [0, 0.1) is 6.92 Å². The van der Waals surface area contributed by atoms with Gasteiger partial charge in [0.2, 0.25) is 0 Å². The summed E-state index contributed by atoms with van der Waals surface area (Å²) in [7, 11) is -2.88. The van der Waals surface area contributed by atoms with Crippen LogP contribution in [0.15, 0.2) is 24.3 Å². The summed E-state index contributed by atoms with van der Waals surface area (Å²) in [4.78, 5) is 2.24. The minimum Gasteiger partial charge on any atom is -0.365 e. The van der Waals surface area contributed by atoms with Crippen molar-refractivity contribution in [2.75, 3.05) is 29.5 Å². The number of sulfone groups is 1. The van der Waals surface area contributed by atoms with Crippen LogP contribution in [0.2, 0.25) is 0 Å². The second-order valence-electron chi connectivity index (χ2n) is 5.23. The van der Waals surface area contributed by atoms with E-state index in [2.05, 4.69) is 41.4 Å². The first-order valence-corrected chi connectivity index (χ1v) is 8.14. The molecule has 1 aromatic carbocycles. The van der Waals surface area contributed by atoms with Crippen LogP contribution < -0.4 is 10.2 Å². The van der Waals surface area contributed by atoms with Crippen LogP contribution in [0.5, 0.6) is 0 Å². The Morgan fingerprint density at radius 3 is 2.67 bits per heavy atom. The third kappa shape index (κ3) is 2.12. The molecule has 0 saturated carbocycles. The normalized spacial score (nSPS) is 30.2. The van der Waals surface area contributed by atoms with Gasteiger partial charge in [-0.1, -0.05) is 17.7 Å². The molecular weight excluding hydrogens is 248 g/mol. The molecule has 2 saturated heterocycles. The number of benzene rings is 1. The maximum absolute atomic E-state index is 11.8. The summed E-state index contributed by atoms with van der Waals surface area (Å²) >= 11 is 0. The Morgan fingerprint density at radius 2 is 1.94 bits per heavy atom. The standard InChI is InChI=1S/C13H18N2O2S/c1-10-2-4-11(5-3-10)15-7-6-14-12-8-18(16,17)9-13(12)15/h2-5,12-14H,6-9H2,1H3. The predicted octanol–water partition coefficient (Wildman–Crippen LogP) is 0.570. The van der Waals surface area contributed by atoms with Crippen molar-refractivity contribution >= 4 is 15.5 Å². The first-order chi connectivity index (χ1) is 8.55. The number of rotatable bonds is 1. The molecule has 2 unspecified atom stereocenters. The fourth-order valence-electron chi connectivity index (χ4n) is 2.92. The van der Waals surface area contributed by atoms with Gasteiger partial charge in [0.1, 0.15) is 0 Å². The van der Waals surface area contributed by atoms with Gasteiger partial charge in [0.15, 0.2) is 9.84 Å². The lowest BCUT2D eigenvalue weighted by Gasteiger charge is -2.39. The topological polar surface area (TPSA) is 49.4 Å². The molecule has 4 nitrogen and oxygen atoms in total. The summed E-state index contributed by atoms with van der Waals surface area (Å²) in [5, 5.41) is 3.33. The van der Waals surface area contributed by atoms with E-state index >= 15 is 0 Å². The molecule has 1 N–H and O–H groups in total. The van der Waals surface area contributed by atoms with Crippen LogP contribution in [-0.2, 0) is 9.84 Å². The first kappa shape index (κ1) is 12.0. The number of fused-ring (bicyclic) bond motifs is 1. The van der Waals surface area contributed by atoms with Gasteiger partial charge in [0.25, 0.3) is 0 Å². The molecule has 0 amide bonds. The van der Waals surface area contributed by atoms with E-state index in [4.69, 9.17) is 0 Å². The third-order valence-corrected chi connectivity index (χ3v) is 5.56. The molecule has 98 valence electrons. The smallest absolute Gasteiger partial charge is 0.153 e. The molecular formula is C13H18N2O2S. The number of hydrogen-bond acceptors (Lipinski definition) is 4. The Labute approximate surface area is 108 Å². The Morgan fingerprint density at radius 1 is 1.22 bits per heavy atom. The van der Waals surface area contributed by atoms with Crippen LogP contribution in [0.4, 0.5) is 5.69 Å². The van der Waals surface area contributed by atoms with Crippen molar-refractivity contribution in [1.82, 2.24) is 5.32 Å². The van der Waals surface area contributed by atoms with Gasteiger partial charge in [-0.15, -0.1) is 0 Å². The average Bonchev–Trinajstić information content (AvgIpc) is 2.64. The summed E-state index contributed by atoms with van der Waals surface area (Å²) in [6.07, 6.45) is 0. The van der Waals surface area contributed by atoms with Crippen LogP contribution >= 0.6 is 0 Å². The van der Waals surface area contributed by atoms with Gasteiger partial charge < -0.3 is 10.2 Å². The van der Waals surface area contributed by atoms with Crippen molar-refractivity contribution in [3.63, 3.8) is 0 Å². The maximum atomic E-state index is 11.8. The predicted molar refractivity (Wildman–Crippen MR) is 72.8 cm³/mol. The molecule has 0 spiro atoms. The van der Waals surface area contributed by atoms with Crippen molar-refractivity contribution in [3.8, 4) is 0 Å². The zero-order valence-electron chi connectivity index (χ0n) is 10.5. The zero-order valence-corrected chi connectivity index (χ0v) is 11.3. The highest BCUT2D eigenvalue weighted by atomic mass is 32.2. The van der Waals surface area contributed by atoms with E-state index in [1.54, 1.807) is 0 Å². The Hall–Kier alpha value is -1.07. The van der Waals surface area contributed by atoms with E-state index in [1.165, 1.54) is 5.56 Å². The average molecular weight is 266 g/mol. The van der Waals surface area contributed by atoms with Gasteiger partial charge in [-0.05, 0) is 19.1 Å². The highest BCUT2D eigenvalue weighted by Crippen LogP contribution is 2.26. The van der Waals surface area contributed by atoms with E-state index in [0.29, 0.717) is 0 Å². The molecule has 2 aliphatic rings. The Bertz CT molecular complexity index is 539. The SMILES string of the molecule is Cc1ccc(N2CCNC3CS(=O)(=O)CC32)cc1. The monoisotopic (exact) mass is 266 g/mol. The highest BCUT2D eigenvalue weighted by Gasteiger charge is 2.42. The van der Waals surface area contributed by atoms with Crippen LogP contribution in [-0.4, -0.2) is 45.1 Å². The second-order valence-corrected chi connectivity index (χ2v) is 7.39. The summed E-state index contributed by atoms with van der Waals surface area (Å²) in [5.41, 5.74) is 2.36. The molecule has 0 aromatic heterocycles. The fourth-order valence-corrected chi connectivity index (χ4v) is 4.88. The molecule has 2 fully saturated rings. The Kier molecular flexibility index (Phi) is 2.83. The molecule has 2 atom stereocenters. The van der Waals surface area contributed by atoms with E-state index in [1.807, 2.05) is 0 Å². The van der Waals surface area contributed by atoms with Crippen LogP contribution in [0.3, 0.4) is 0 Å². The molecule has 3 rings (SSSR count). The van der Waals surface area contributed by atoms with E-state index in [-0.39, 0.29) is 23.6 Å². The van der Waals surface area contributed by atoms with Gasteiger partial charge in [-0.25, -0.2) is 8.42 Å². The largest absolute Gasteiger partial charge is 0.365 e. The number of anilines is 1. The molecule has 18 heavy (non-hydrogen) atoms. The molecule has 0 aliphatic carbocycles. The molecule has 2 aliphatic heterocycles. The third-order valence-electron chi connectivity index (χ3n) is 3.85. The van der Waals surface area contributed by atoms with Gasteiger partial charge in [0.05, 0.1) is 17.5 Å². The van der Waals surface area contributed by atoms with Gasteiger partial charge in [-0.2, -0.15) is 0 Å². The summed E-state index contributed by atoms with van der Waals surface area (Å²) in [5.74, 6) is 0.554. The van der Waals surface area contributed by atoms with Crippen molar-refractivity contribution in [1.29, 1.82) is 0 Å². The van der Waals surface area contributed by atoms with Crippen molar-refractivity contribution in [2.45, 2.75) is 19.0 Å². The summed E-state index contributed by atoms with van der Waals surface area (Å²) < 4.78 is 23.5. The van der Waals surface area contributed by atoms with Gasteiger partial charge >= 0.3 is 0 Å². The van der Waals surface area contributed by atoms with E-state index in [0.717, 1.165) is 18.8 Å². The van der Waals surface area contributed by atoms with Crippen molar-refractivity contribution in [2.24, 2.45) is 0 Å². The fraction of sp³-hybridized carbons (Fsp3) is 0.538. The molecule has 2 heterocycles. The van der Waals surface area contributed by atoms with Crippen LogP contribution in [0.25, 0.3) is 0 Å². The molecule has 0 bridgehead atoms. The summed E-state index contributed by atoms with van der Waals surface area (Å²) in [6.45, 7) is 3.79. The molecule has 5 heteroatoms. The minimum absolute atomic E-state index is 0.0880. The van der Waals surface area contributed by atoms with Crippen molar-refractivity contribution < 1.29 is 8.42 Å². The quantitative estimate of drug-likeness (QED) is 0.807. The number of piperazine rings is 1. The first-order valence-electron chi connectivity index (χ1n) is 6.32. The van der Waals surface area contributed by atoms with Gasteiger partial charge in [0, 0.05) is 24.8 Å². The lowest BCUT2D eigenvalue weighted by Crippen LogP contribution is -2.57. The Balaban J connectivity index is 1.90. The highest BCUT2D eigenvalue weighted by molar-refractivity contribution is 7.91. The number of nitrogens with one attached hydrogen (secondary N) is 1. The number of aryl methyl sites for hydroxylation is 1. The minimum atomic E-state index is -2.88. The maximum Gasteiger partial charge on any atom is 0.153 e. The van der Waals surface area contributed by atoms with Crippen molar-refractivity contribution in [3.05, 3.63) is 29.8 Å². The summed E-state index contributed by atoms with van der Waals surface area (Å²) in [6, 6.07) is 8.51. The lowest BCUT2D eigenvalue weighted by atomic mass is 10.1. The van der Waals surface area contributed by atoms with E-state index in [9.17, 15) is 8.42 Å². The van der Waals surface area contributed by atoms with E-state index < -0.39 is 9.84 Å². The number of nitrogens with zero attached hydrogens (tertiary/aromatic N) is 1. The van der Waals surface area contributed by atoms with Gasteiger partial charge in [-0.3, -0.25) is 0 Å². The zero-order chi connectivity index (χ0) is 12.8. The molecule has 1 aromatic rings. The lowest BCUT2D eigenvalue weighted by molar-refractivity contribution is 0.425. The number of hydrogen-bond donors (Lipinski definition) is 1.